The quantitative estimate of drug-likeness (QED) is 0.848. The molecule has 0 aromatic carbocycles. The van der Waals surface area contributed by atoms with E-state index in [1.807, 2.05) is 45.9 Å². The third-order valence-electron chi connectivity index (χ3n) is 4.19. The first kappa shape index (κ1) is 16.5. The van der Waals surface area contributed by atoms with Crippen LogP contribution in [0.4, 0.5) is 4.53 Å². The minimum Gasteiger partial charge on any atom is -0.360 e. The molecule has 0 fully saturated rings. The Morgan fingerprint density at radius 2 is 2.32 bits per heavy atom. The van der Waals surface area contributed by atoms with Crippen molar-refractivity contribution in [1.82, 2.24) is 10.2 Å². The molecule has 2 aliphatic rings. The zero-order chi connectivity index (χ0) is 16.3. The van der Waals surface area contributed by atoms with Crippen molar-refractivity contribution in [3.8, 4) is 0 Å². The minimum atomic E-state index is -0.845. The van der Waals surface area contributed by atoms with Crippen LogP contribution in [0.1, 0.15) is 34.1 Å². The second-order valence-electron chi connectivity index (χ2n) is 5.65. The van der Waals surface area contributed by atoms with Gasteiger partial charge in [-0.1, -0.05) is 25.2 Å². The standard InChI is InChI=1S/C17H23FN2O2/c1-5-7-14-13(6-2)10-20(17(14)21)12(4)15-8-11(3)9-19-16(15)22-18/h5,7-9,12,16,19H,6,10H2,1-4H3/b7-5-. The van der Waals surface area contributed by atoms with Crippen LogP contribution in [0.3, 0.4) is 0 Å². The van der Waals surface area contributed by atoms with Gasteiger partial charge >= 0.3 is 0 Å². The molecule has 0 aliphatic carbocycles. The second-order valence-corrected chi connectivity index (χ2v) is 5.65. The Balaban J connectivity index is 2.26. The molecule has 0 aromatic rings. The maximum Gasteiger partial charge on any atom is 0.254 e. The average Bonchev–Trinajstić information content (AvgIpc) is 2.83. The van der Waals surface area contributed by atoms with E-state index in [1.54, 1.807) is 11.1 Å². The second kappa shape index (κ2) is 6.92. The first-order chi connectivity index (χ1) is 10.5. The van der Waals surface area contributed by atoms with Gasteiger partial charge in [-0.15, -0.1) is 0 Å². The van der Waals surface area contributed by atoms with Gasteiger partial charge < -0.3 is 10.2 Å². The van der Waals surface area contributed by atoms with Crippen LogP contribution in [0.5, 0.6) is 0 Å². The molecule has 5 heteroatoms. The number of halogens is 1. The maximum atomic E-state index is 12.8. The Morgan fingerprint density at radius 1 is 1.59 bits per heavy atom. The molecule has 2 unspecified atom stereocenters. The summed E-state index contributed by atoms with van der Waals surface area (Å²) >= 11 is 0. The van der Waals surface area contributed by atoms with E-state index in [0.717, 1.165) is 23.1 Å². The molecule has 1 amide bonds. The number of nitrogens with one attached hydrogen (secondary N) is 1. The van der Waals surface area contributed by atoms with E-state index in [4.69, 9.17) is 0 Å². The Kier molecular flexibility index (Phi) is 5.19. The molecule has 0 saturated heterocycles. The van der Waals surface area contributed by atoms with Crippen LogP contribution in [0.2, 0.25) is 0 Å². The Hall–Kier alpha value is -1.88. The number of hydrogen-bond donors (Lipinski definition) is 1. The van der Waals surface area contributed by atoms with Gasteiger partial charge in [0, 0.05) is 23.9 Å². The predicted octanol–water partition coefficient (Wildman–Crippen LogP) is 3.16. The van der Waals surface area contributed by atoms with Gasteiger partial charge in [0.15, 0.2) is 6.23 Å². The van der Waals surface area contributed by atoms with Crippen LogP contribution < -0.4 is 5.32 Å². The van der Waals surface area contributed by atoms with Gasteiger partial charge in [0.1, 0.15) is 0 Å². The van der Waals surface area contributed by atoms with E-state index in [2.05, 4.69) is 10.3 Å². The Bertz CT molecular complexity index is 575. The summed E-state index contributed by atoms with van der Waals surface area (Å²) in [4.78, 5) is 18.4. The molecule has 2 heterocycles. The smallest absolute Gasteiger partial charge is 0.254 e. The summed E-state index contributed by atoms with van der Waals surface area (Å²) in [5, 5.41) is 2.86. The lowest BCUT2D eigenvalue weighted by Gasteiger charge is -2.32. The molecular formula is C17H23FN2O2. The SMILES string of the molecule is C/C=C\C1=C(CC)CN(C(C)C2=CC(C)=CNC2OF)C1=O. The highest BCUT2D eigenvalue weighted by atomic mass is 19.3. The number of amides is 1. The fourth-order valence-electron chi connectivity index (χ4n) is 2.92. The highest BCUT2D eigenvalue weighted by Gasteiger charge is 2.35. The molecule has 0 bridgehead atoms. The first-order valence-electron chi connectivity index (χ1n) is 7.60. The number of allylic oxidation sites excluding steroid dienone is 3. The van der Waals surface area contributed by atoms with Crippen LogP contribution in [-0.4, -0.2) is 29.6 Å². The average molecular weight is 306 g/mol. The van der Waals surface area contributed by atoms with Crippen molar-refractivity contribution in [3.63, 3.8) is 0 Å². The summed E-state index contributed by atoms with van der Waals surface area (Å²) in [6, 6.07) is -0.242. The van der Waals surface area contributed by atoms with Crippen LogP contribution in [0.25, 0.3) is 0 Å². The summed E-state index contributed by atoms with van der Waals surface area (Å²) in [5.74, 6) is -0.00633. The summed E-state index contributed by atoms with van der Waals surface area (Å²) in [7, 11) is 0. The summed E-state index contributed by atoms with van der Waals surface area (Å²) < 4.78 is 12.8. The highest BCUT2D eigenvalue weighted by molar-refractivity contribution is 6.00. The topological polar surface area (TPSA) is 41.6 Å². The summed E-state index contributed by atoms with van der Waals surface area (Å²) in [6.45, 7) is 8.34. The monoisotopic (exact) mass is 306 g/mol. The number of hydrogen-bond acceptors (Lipinski definition) is 3. The van der Waals surface area contributed by atoms with E-state index >= 15 is 0 Å². The van der Waals surface area contributed by atoms with E-state index in [1.165, 1.54) is 0 Å². The van der Waals surface area contributed by atoms with Crippen molar-refractivity contribution >= 4 is 5.91 Å². The summed E-state index contributed by atoms with van der Waals surface area (Å²) in [5.41, 5.74) is 3.56. The molecule has 120 valence electrons. The van der Waals surface area contributed by atoms with Gasteiger partial charge in [-0.25, -0.2) is 0 Å². The normalized spacial score (nSPS) is 23.8. The first-order valence-corrected chi connectivity index (χ1v) is 7.60. The molecule has 0 radical (unpaired) electrons. The van der Waals surface area contributed by atoms with Crippen molar-refractivity contribution in [2.24, 2.45) is 0 Å². The molecule has 0 spiro atoms. The van der Waals surface area contributed by atoms with E-state index in [9.17, 15) is 9.32 Å². The fourth-order valence-corrected chi connectivity index (χ4v) is 2.92. The fraction of sp³-hybridized carbons (Fsp3) is 0.471. The van der Waals surface area contributed by atoms with Crippen molar-refractivity contribution in [1.29, 1.82) is 0 Å². The maximum absolute atomic E-state index is 12.8. The highest BCUT2D eigenvalue weighted by Crippen LogP contribution is 2.29. The van der Waals surface area contributed by atoms with Gasteiger partial charge in [-0.3, -0.25) is 4.79 Å². The third-order valence-corrected chi connectivity index (χ3v) is 4.19. The van der Waals surface area contributed by atoms with Crippen molar-refractivity contribution in [2.75, 3.05) is 6.54 Å². The number of dihydropyridines is 1. The molecule has 2 aliphatic heterocycles. The molecule has 1 N–H and O–H groups in total. The van der Waals surface area contributed by atoms with Crippen LogP contribution in [0, 0.1) is 0 Å². The lowest BCUT2D eigenvalue weighted by Crippen LogP contribution is -2.44. The number of nitrogens with zero attached hydrogens (tertiary/aromatic N) is 1. The van der Waals surface area contributed by atoms with Crippen LogP contribution in [0.15, 0.2) is 46.7 Å². The molecule has 4 nitrogen and oxygen atoms in total. The van der Waals surface area contributed by atoms with Crippen LogP contribution >= 0.6 is 0 Å². The number of carbonyl (C=O) groups is 1. The number of carbonyl (C=O) groups excluding carboxylic acids is 1. The largest absolute Gasteiger partial charge is 0.360 e. The Morgan fingerprint density at radius 3 is 2.91 bits per heavy atom. The molecule has 2 rings (SSSR count). The zero-order valence-corrected chi connectivity index (χ0v) is 13.5. The van der Waals surface area contributed by atoms with Crippen molar-refractivity contribution in [3.05, 3.63) is 46.7 Å². The van der Waals surface area contributed by atoms with Gasteiger partial charge in [0.2, 0.25) is 0 Å². The zero-order valence-electron chi connectivity index (χ0n) is 13.5. The lowest BCUT2D eigenvalue weighted by molar-refractivity contribution is -0.175. The summed E-state index contributed by atoms with van der Waals surface area (Å²) in [6.07, 6.45) is 7.29. The van der Waals surface area contributed by atoms with Gasteiger partial charge in [-0.2, -0.15) is 4.94 Å². The van der Waals surface area contributed by atoms with Gasteiger partial charge in [-0.05, 0) is 42.9 Å². The van der Waals surface area contributed by atoms with E-state index in [-0.39, 0.29) is 11.9 Å². The molecule has 0 aromatic heterocycles. The molecule has 0 saturated carbocycles. The molecule has 2 atom stereocenters. The predicted molar refractivity (Wildman–Crippen MR) is 84.3 cm³/mol. The molecular weight excluding hydrogens is 283 g/mol. The van der Waals surface area contributed by atoms with Crippen molar-refractivity contribution in [2.45, 2.75) is 46.4 Å². The lowest BCUT2D eigenvalue weighted by atomic mass is 10.0. The number of rotatable bonds is 5. The third kappa shape index (κ3) is 2.99. The molecule has 22 heavy (non-hydrogen) atoms. The van der Waals surface area contributed by atoms with Gasteiger partial charge in [0.05, 0.1) is 6.04 Å². The van der Waals surface area contributed by atoms with E-state index in [0.29, 0.717) is 12.1 Å². The van der Waals surface area contributed by atoms with E-state index < -0.39 is 6.23 Å². The van der Waals surface area contributed by atoms with Crippen LogP contribution in [-0.2, 0) is 9.74 Å². The van der Waals surface area contributed by atoms with Gasteiger partial charge in [0.25, 0.3) is 5.91 Å². The minimum absolute atomic E-state index is 0.00633. The van der Waals surface area contributed by atoms with Crippen molar-refractivity contribution < 1.29 is 14.3 Å². The Labute approximate surface area is 130 Å².